The van der Waals surface area contributed by atoms with Crippen molar-refractivity contribution in [3.05, 3.63) is 29.8 Å². The second kappa shape index (κ2) is 8.10. The molecular formula is C15H24ClN3O3S. The van der Waals surface area contributed by atoms with Gasteiger partial charge in [-0.25, -0.2) is 13.1 Å². The van der Waals surface area contributed by atoms with E-state index in [0.717, 1.165) is 19.3 Å². The number of rotatable bonds is 5. The van der Waals surface area contributed by atoms with E-state index in [4.69, 9.17) is 5.73 Å². The molecule has 2 atom stereocenters. The molecule has 6 nitrogen and oxygen atoms in total. The molecule has 23 heavy (non-hydrogen) atoms. The molecule has 2 unspecified atom stereocenters. The minimum absolute atomic E-state index is 0. The van der Waals surface area contributed by atoms with Crippen molar-refractivity contribution in [3.8, 4) is 0 Å². The van der Waals surface area contributed by atoms with Crippen LogP contribution in [0.15, 0.2) is 29.2 Å². The summed E-state index contributed by atoms with van der Waals surface area (Å²) in [5.41, 5.74) is 6.05. The molecule has 0 saturated heterocycles. The molecule has 1 aliphatic carbocycles. The summed E-state index contributed by atoms with van der Waals surface area (Å²) in [5, 5.41) is 0. The number of carbonyl (C=O) groups excluding carboxylic acids is 1. The summed E-state index contributed by atoms with van der Waals surface area (Å²) in [5.74, 6) is -0.0425. The number of hydrogen-bond donors (Lipinski definition) is 2. The molecule has 130 valence electrons. The summed E-state index contributed by atoms with van der Waals surface area (Å²) in [6.07, 6.45) is 2.73. The number of nitrogens with one attached hydrogen (secondary N) is 1. The summed E-state index contributed by atoms with van der Waals surface area (Å²) in [6, 6.07) is 5.99. The molecule has 1 aliphatic rings. The van der Waals surface area contributed by atoms with Crippen molar-refractivity contribution in [2.75, 3.05) is 20.6 Å². The Kier molecular flexibility index (Phi) is 7.01. The fourth-order valence-electron chi connectivity index (χ4n) is 2.80. The molecule has 3 N–H and O–H groups in total. The van der Waals surface area contributed by atoms with E-state index in [1.165, 1.54) is 17.0 Å². The highest BCUT2D eigenvalue weighted by Gasteiger charge is 2.30. The minimum Gasteiger partial charge on any atom is -0.345 e. The summed E-state index contributed by atoms with van der Waals surface area (Å²) >= 11 is 0. The van der Waals surface area contributed by atoms with Crippen molar-refractivity contribution in [3.63, 3.8) is 0 Å². The molecule has 0 spiro atoms. The molecule has 1 saturated carbocycles. The second-order valence-corrected chi connectivity index (χ2v) is 7.60. The molecule has 1 fully saturated rings. The van der Waals surface area contributed by atoms with Gasteiger partial charge in [-0.15, -0.1) is 12.4 Å². The lowest BCUT2D eigenvalue weighted by Crippen LogP contribution is -2.39. The number of nitrogens with zero attached hydrogens (tertiary/aromatic N) is 1. The van der Waals surface area contributed by atoms with Gasteiger partial charge in [0.1, 0.15) is 0 Å². The molecule has 0 radical (unpaired) electrons. The number of sulfonamides is 1. The molecule has 8 heteroatoms. The highest BCUT2D eigenvalue weighted by Crippen LogP contribution is 2.26. The Hall–Kier alpha value is -1.15. The standard InChI is InChI=1S/C15H23N3O3S.ClH/c1-18(2)15(19)11-5-3-7-13(9-11)22(20,21)17-14-8-4-6-12(14)10-16;/h3,5,7,9,12,14,17H,4,6,8,10,16H2,1-2H3;1H. The van der Waals surface area contributed by atoms with Crippen LogP contribution in [0.4, 0.5) is 0 Å². The van der Waals surface area contributed by atoms with Crippen LogP contribution in [0.1, 0.15) is 29.6 Å². The maximum Gasteiger partial charge on any atom is 0.253 e. The third-order valence-corrected chi connectivity index (χ3v) is 5.55. The van der Waals surface area contributed by atoms with Crippen LogP contribution in [0.3, 0.4) is 0 Å². The van der Waals surface area contributed by atoms with Gasteiger partial charge in [0.05, 0.1) is 4.90 Å². The van der Waals surface area contributed by atoms with E-state index >= 15 is 0 Å². The van der Waals surface area contributed by atoms with Crippen molar-refractivity contribution >= 4 is 28.3 Å². The number of carbonyl (C=O) groups is 1. The van der Waals surface area contributed by atoms with Gasteiger partial charge < -0.3 is 10.6 Å². The van der Waals surface area contributed by atoms with Crippen molar-refractivity contribution < 1.29 is 13.2 Å². The first-order valence-corrected chi connectivity index (χ1v) is 8.87. The zero-order chi connectivity index (χ0) is 16.3. The molecule has 0 bridgehead atoms. The van der Waals surface area contributed by atoms with Crippen molar-refractivity contribution in [2.24, 2.45) is 11.7 Å². The van der Waals surface area contributed by atoms with Gasteiger partial charge in [0.15, 0.2) is 0 Å². The molecule has 2 rings (SSSR count). The Morgan fingerprint density at radius 2 is 2.04 bits per heavy atom. The van der Waals surface area contributed by atoms with Gasteiger partial charge >= 0.3 is 0 Å². The first kappa shape index (κ1) is 19.9. The zero-order valence-electron chi connectivity index (χ0n) is 13.4. The first-order valence-electron chi connectivity index (χ1n) is 7.39. The highest BCUT2D eigenvalue weighted by molar-refractivity contribution is 7.89. The predicted octanol–water partition coefficient (Wildman–Crippen LogP) is 1.22. The van der Waals surface area contributed by atoms with Gasteiger partial charge in [-0.3, -0.25) is 4.79 Å². The van der Waals surface area contributed by atoms with Crippen LogP contribution >= 0.6 is 12.4 Å². The molecule has 1 amide bonds. The SMILES string of the molecule is CN(C)C(=O)c1cccc(S(=O)(=O)NC2CCCC2CN)c1.Cl. The van der Waals surface area contributed by atoms with Gasteiger partial charge in [-0.2, -0.15) is 0 Å². The number of nitrogens with two attached hydrogens (primary N) is 1. The smallest absolute Gasteiger partial charge is 0.253 e. The summed E-state index contributed by atoms with van der Waals surface area (Å²) in [4.78, 5) is 13.5. The van der Waals surface area contributed by atoms with Gasteiger partial charge in [-0.05, 0) is 43.5 Å². The Labute approximate surface area is 143 Å². The molecule has 1 aromatic carbocycles. The topological polar surface area (TPSA) is 92.5 Å². The molecule has 0 aliphatic heterocycles. The van der Waals surface area contributed by atoms with E-state index < -0.39 is 10.0 Å². The summed E-state index contributed by atoms with van der Waals surface area (Å²) < 4.78 is 27.8. The highest BCUT2D eigenvalue weighted by atomic mass is 35.5. The minimum atomic E-state index is -3.64. The summed E-state index contributed by atoms with van der Waals surface area (Å²) in [6.45, 7) is 0.479. The van der Waals surface area contributed by atoms with Gasteiger partial charge in [0.2, 0.25) is 10.0 Å². The Balaban J connectivity index is 0.00000264. The van der Waals surface area contributed by atoms with E-state index in [9.17, 15) is 13.2 Å². The monoisotopic (exact) mass is 361 g/mol. The van der Waals surface area contributed by atoms with Gasteiger partial charge in [0, 0.05) is 25.7 Å². The third-order valence-electron chi connectivity index (χ3n) is 4.07. The lowest BCUT2D eigenvalue weighted by molar-refractivity contribution is 0.0827. The van der Waals surface area contributed by atoms with Crippen LogP contribution in [0, 0.1) is 5.92 Å². The predicted molar refractivity (Wildman–Crippen MR) is 92.2 cm³/mol. The van der Waals surface area contributed by atoms with Crippen molar-refractivity contribution in [1.29, 1.82) is 0 Å². The van der Waals surface area contributed by atoms with Crippen LogP contribution in [0.25, 0.3) is 0 Å². The quantitative estimate of drug-likeness (QED) is 0.824. The van der Waals surface area contributed by atoms with E-state index in [-0.39, 0.29) is 35.2 Å². The fraction of sp³-hybridized carbons (Fsp3) is 0.533. The average molecular weight is 362 g/mol. The number of amides is 1. The van der Waals surface area contributed by atoms with E-state index in [2.05, 4.69) is 4.72 Å². The molecule has 0 heterocycles. The maximum atomic E-state index is 12.5. The largest absolute Gasteiger partial charge is 0.345 e. The maximum absolute atomic E-state index is 12.5. The van der Waals surface area contributed by atoms with E-state index in [1.54, 1.807) is 26.2 Å². The van der Waals surface area contributed by atoms with Crippen LogP contribution in [0.2, 0.25) is 0 Å². The Bertz CT molecular complexity index is 649. The molecular weight excluding hydrogens is 338 g/mol. The zero-order valence-corrected chi connectivity index (χ0v) is 15.0. The van der Waals surface area contributed by atoms with Crippen LogP contribution < -0.4 is 10.5 Å². The average Bonchev–Trinajstić information content (AvgIpc) is 2.93. The number of hydrogen-bond acceptors (Lipinski definition) is 4. The Morgan fingerprint density at radius 1 is 1.35 bits per heavy atom. The number of halogens is 1. The normalized spacial score (nSPS) is 20.8. The lowest BCUT2D eigenvalue weighted by Gasteiger charge is -2.19. The lowest BCUT2D eigenvalue weighted by atomic mass is 10.1. The first-order chi connectivity index (χ1) is 10.3. The fourth-order valence-corrected chi connectivity index (χ4v) is 4.18. The molecule has 0 aromatic heterocycles. The van der Waals surface area contributed by atoms with Crippen LogP contribution in [-0.4, -0.2) is 45.9 Å². The van der Waals surface area contributed by atoms with Crippen LogP contribution in [0.5, 0.6) is 0 Å². The summed E-state index contributed by atoms with van der Waals surface area (Å²) in [7, 11) is -0.383. The van der Waals surface area contributed by atoms with Gasteiger partial charge in [-0.1, -0.05) is 12.5 Å². The number of benzene rings is 1. The van der Waals surface area contributed by atoms with E-state index in [0.29, 0.717) is 12.1 Å². The molecule has 1 aromatic rings. The van der Waals surface area contributed by atoms with Crippen molar-refractivity contribution in [1.82, 2.24) is 9.62 Å². The van der Waals surface area contributed by atoms with E-state index in [1.807, 2.05) is 0 Å². The van der Waals surface area contributed by atoms with Crippen LogP contribution in [-0.2, 0) is 10.0 Å². The van der Waals surface area contributed by atoms with Gasteiger partial charge in [0.25, 0.3) is 5.91 Å². The Morgan fingerprint density at radius 3 is 2.65 bits per heavy atom. The van der Waals surface area contributed by atoms with Crippen molar-refractivity contribution in [2.45, 2.75) is 30.2 Å². The third kappa shape index (κ3) is 4.67. The second-order valence-electron chi connectivity index (χ2n) is 5.88.